The summed E-state index contributed by atoms with van der Waals surface area (Å²) in [7, 11) is 0. The lowest BCUT2D eigenvalue weighted by Crippen LogP contribution is -2.30. The van der Waals surface area contributed by atoms with Gasteiger partial charge >= 0.3 is 0 Å². The zero-order chi connectivity index (χ0) is 23.1. The molecular formula is C28H22N4O2. The van der Waals surface area contributed by atoms with E-state index >= 15 is 0 Å². The summed E-state index contributed by atoms with van der Waals surface area (Å²) < 4.78 is 3.29. The first-order chi connectivity index (χ1) is 16.7. The minimum Gasteiger partial charge on any atom is -0.348 e. The first kappa shape index (κ1) is 20.2. The summed E-state index contributed by atoms with van der Waals surface area (Å²) in [5.74, 6) is -0.143. The van der Waals surface area contributed by atoms with E-state index in [1.165, 1.54) is 4.68 Å². The molecule has 0 aromatic heterocycles. The monoisotopic (exact) mass is 446 g/mol. The standard InChI is InChI=1S/C28H22N4O2/c33-27(31-16-15-21-11-7-8-14-25(21)31)23-18-30(17-20-9-3-1-4-10-20)19-24-26(23)29-32(28(24)34)22-12-5-2-6-13-22/h1-14,18-19H,15-17H2. The Morgan fingerprint density at radius 2 is 1.56 bits per heavy atom. The van der Waals surface area contributed by atoms with Crippen LogP contribution in [0.15, 0.2) is 102 Å². The molecule has 6 rings (SSSR count). The van der Waals surface area contributed by atoms with E-state index in [1.54, 1.807) is 11.1 Å². The summed E-state index contributed by atoms with van der Waals surface area (Å²) in [5.41, 5.74) is 4.87. The fraction of sp³-hybridized carbons (Fsp3) is 0.107. The van der Waals surface area contributed by atoms with Crippen molar-refractivity contribution < 1.29 is 4.79 Å². The lowest BCUT2D eigenvalue weighted by molar-refractivity contribution is 0.0989. The molecule has 3 aliphatic rings. The number of anilines is 1. The highest BCUT2D eigenvalue weighted by Gasteiger charge is 2.31. The molecule has 0 N–H and O–H groups in total. The Bertz CT molecular complexity index is 1520. The van der Waals surface area contributed by atoms with Crippen molar-refractivity contribution in [3.63, 3.8) is 0 Å². The Labute approximate surface area is 196 Å². The van der Waals surface area contributed by atoms with Crippen molar-refractivity contribution >= 4 is 11.6 Å². The van der Waals surface area contributed by atoms with E-state index in [9.17, 15) is 9.59 Å². The molecule has 166 valence electrons. The number of nitrogens with zero attached hydrogens (tertiary/aromatic N) is 4. The van der Waals surface area contributed by atoms with Gasteiger partial charge in [0, 0.05) is 31.2 Å². The van der Waals surface area contributed by atoms with Gasteiger partial charge in [-0.25, -0.2) is 0 Å². The van der Waals surface area contributed by atoms with Gasteiger partial charge in [-0.2, -0.15) is 9.78 Å². The van der Waals surface area contributed by atoms with Gasteiger partial charge in [-0.15, -0.1) is 0 Å². The first-order valence-electron chi connectivity index (χ1n) is 11.3. The maximum Gasteiger partial charge on any atom is 0.282 e. The number of pyridine rings is 1. The summed E-state index contributed by atoms with van der Waals surface area (Å²) in [5, 5.41) is 4.62. The van der Waals surface area contributed by atoms with Crippen molar-refractivity contribution in [1.82, 2.24) is 14.3 Å². The molecule has 0 atom stereocenters. The number of carbonyl (C=O) groups is 1. The topological polar surface area (TPSA) is 60.1 Å². The summed E-state index contributed by atoms with van der Waals surface area (Å²) in [6.07, 6.45) is 4.43. The molecule has 0 saturated heterocycles. The average molecular weight is 447 g/mol. The molecule has 0 radical (unpaired) electrons. The number of para-hydroxylation sites is 2. The van der Waals surface area contributed by atoms with Crippen molar-refractivity contribution in [2.75, 3.05) is 11.4 Å². The quantitative estimate of drug-likeness (QED) is 0.411. The van der Waals surface area contributed by atoms with Gasteiger partial charge in [-0.05, 0) is 35.7 Å². The summed E-state index contributed by atoms with van der Waals surface area (Å²) >= 11 is 0. The molecule has 0 bridgehead atoms. The fourth-order valence-corrected chi connectivity index (χ4v) is 4.64. The summed E-state index contributed by atoms with van der Waals surface area (Å²) in [6.45, 7) is 1.15. The molecule has 0 saturated carbocycles. The second-order valence-electron chi connectivity index (χ2n) is 8.48. The maximum atomic E-state index is 13.8. The number of fused-ring (bicyclic) bond motifs is 2. The van der Waals surface area contributed by atoms with Crippen LogP contribution < -0.4 is 10.5 Å². The van der Waals surface area contributed by atoms with E-state index in [4.69, 9.17) is 0 Å². The molecule has 0 spiro atoms. The first-order valence-corrected chi connectivity index (χ1v) is 11.3. The average Bonchev–Trinajstić information content (AvgIpc) is 3.46. The minimum atomic E-state index is -0.237. The largest absolute Gasteiger partial charge is 0.348 e. The van der Waals surface area contributed by atoms with E-state index in [0.29, 0.717) is 35.6 Å². The molecular weight excluding hydrogens is 424 g/mol. The minimum absolute atomic E-state index is 0.143. The van der Waals surface area contributed by atoms with Gasteiger partial charge in [0.05, 0.1) is 16.8 Å². The zero-order valence-electron chi connectivity index (χ0n) is 18.5. The summed E-state index contributed by atoms with van der Waals surface area (Å²) in [6, 6.07) is 27.2. The fourth-order valence-electron chi connectivity index (χ4n) is 4.64. The molecule has 34 heavy (non-hydrogen) atoms. The predicted octanol–water partition coefficient (Wildman–Crippen LogP) is 4.39. The summed E-state index contributed by atoms with van der Waals surface area (Å²) in [4.78, 5) is 29.0. The highest BCUT2D eigenvalue weighted by atomic mass is 16.2. The predicted molar refractivity (Wildman–Crippen MR) is 132 cm³/mol. The van der Waals surface area contributed by atoms with Crippen molar-refractivity contribution in [1.29, 1.82) is 0 Å². The highest BCUT2D eigenvalue weighted by molar-refractivity contribution is 6.10. The number of carbonyl (C=O) groups excluding carboxylic acids is 1. The number of aromatic nitrogens is 3. The second kappa shape index (κ2) is 8.15. The Balaban J connectivity index is 1.51. The van der Waals surface area contributed by atoms with Gasteiger partial charge in [-0.1, -0.05) is 66.7 Å². The van der Waals surface area contributed by atoms with Gasteiger partial charge in [0.1, 0.15) is 5.69 Å². The molecule has 6 nitrogen and oxygen atoms in total. The molecule has 3 heterocycles. The normalized spacial score (nSPS) is 12.8. The highest BCUT2D eigenvalue weighted by Crippen LogP contribution is 2.31. The van der Waals surface area contributed by atoms with Gasteiger partial charge in [0.2, 0.25) is 0 Å². The van der Waals surface area contributed by atoms with Crippen molar-refractivity contribution in [3.05, 3.63) is 124 Å². The van der Waals surface area contributed by atoms with Crippen molar-refractivity contribution in [2.24, 2.45) is 0 Å². The van der Waals surface area contributed by atoms with Crippen LogP contribution in [-0.2, 0) is 13.0 Å². The molecule has 3 aromatic rings. The Morgan fingerprint density at radius 3 is 2.35 bits per heavy atom. The molecule has 1 amide bonds. The lowest BCUT2D eigenvalue weighted by atomic mass is 10.1. The van der Waals surface area contributed by atoms with Crippen molar-refractivity contribution in [2.45, 2.75) is 13.0 Å². The van der Waals surface area contributed by atoms with E-state index in [1.807, 2.05) is 89.6 Å². The van der Waals surface area contributed by atoms with E-state index in [0.717, 1.165) is 23.2 Å². The van der Waals surface area contributed by atoms with Crippen LogP contribution in [0.2, 0.25) is 0 Å². The molecule has 6 heteroatoms. The van der Waals surface area contributed by atoms with Gasteiger partial charge in [0.15, 0.2) is 0 Å². The van der Waals surface area contributed by atoms with Crippen LogP contribution in [0.1, 0.15) is 21.5 Å². The van der Waals surface area contributed by atoms with Crippen LogP contribution in [0.4, 0.5) is 5.69 Å². The van der Waals surface area contributed by atoms with Crippen LogP contribution in [0, 0.1) is 0 Å². The van der Waals surface area contributed by atoms with Crippen molar-refractivity contribution in [3.8, 4) is 16.9 Å². The third-order valence-electron chi connectivity index (χ3n) is 6.29. The van der Waals surface area contributed by atoms with Gasteiger partial charge in [0.25, 0.3) is 11.5 Å². The third-order valence-corrected chi connectivity index (χ3v) is 6.29. The Morgan fingerprint density at radius 1 is 0.853 bits per heavy atom. The van der Waals surface area contributed by atoms with Crippen LogP contribution in [0.3, 0.4) is 0 Å². The Hall–Kier alpha value is -4.45. The van der Waals surface area contributed by atoms with Gasteiger partial charge in [-0.3, -0.25) is 9.59 Å². The van der Waals surface area contributed by atoms with E-state index < -0.39 is 0 Å². The number of rotatable bonds is 4. The molecule has 0 aliphatic carbocycles. The zero-order valence-corrected chi connectivity index (χ0v) is 18.5. The van der Waals surface area contributed by atoms with E-state index in [-0.39, 0.29) is 11.5 Å². The van der Waals surface area contributed by atoms with E-state index in [2.05, 4.69) is 11.2 Å². The molecule has 0 fully saturated rings. The van der Waals surface area contributed by atoms with Crippen LogP contribution in [0.5, 0.6) is 0 Å². The molecule has 0 unspecified atom stereocenters. The number of hydrogen-bond donors (Lipinski definition) is 0. The molecule has 3 aliphatic heterocycles. The lowest BCUT2D eigenvalue weighted by Gasteiger charge is -2.20. The smallest absolute Gasteiger partial charge is 0.282 e. The Kier molecular flexibility index (Phi) is 4.84. The van der Waals surface area contributed by atoms with Gasteiger partial charge < -0.3 is 9.47 Å². The third kappa shape index (κ3) is 3.40. The van der Waals surface area contributed by atoms with Crippen LogP contribution in [-0.4, -0.2) is 26.8 Å². The van der Waals surface area contributed by atoms with Crippen LogP contribution in [0.25, 0.3) is 16.9 Å². The number of benzene rings is 3. The SMILES string of the molecule is O=C(c1cn(Cc2ccccc2)cc2c(=O)n(-c3ccccc3)nc1-2)N1CCc2ccccc21. The maximum absolute atomic E-state index is 13.8. The molecule has 3 aromatic carbocycles. The number of amides is 1. The number of hydrogen-bond acceptors (Lipinski definition) is 3. The second-order valence-corrected chi connectivity index (χ2v) is 8.48. The van der Waals surface area contributed by atoms with Crippen LogP contribution >= 0.6 is 0 Å².